The summed E-state index contributed by atoms with van der Waals surface area (Å²) in [5.41, 5.74) is 2.35. The Morgan fingerprint density at radius 1 is 1.11 bits per heavy atom. The molecule has 4 rings (SSSR count). The Hall–Kier alpha value is -3.58. The second kappa shape index (κ2) is 10.4. The Kier molecular flexibility index (Phi) is 7.26. The Morgan fingerprint density at radius 3 is 2.63 bits per heavy atom. The largest absolute Gasteiger partial charge is 0.490 e. The van der Waals surface area contributed by atoms with Gasteiger partial charge in [0, 0.05) is 6.54 Å². The van der Waals surface area contributed by atoms with E-state index >= 15 is 0 Å². The predicted octanol–water partition coefficient (Wildman–Crippen LogP) is 4.56. The molecule has 2 heterocycles. The van der Waals surface area contributed by atoms with Crippen LogP contribution in [0.3, 0.4) is 0 Å². The quantitative estimate of drug-likeness (QED) is 0.400. The molecule has 7 nitrogen and oxygen atoms in total. The van der Waals surface area contributed by atoms with E-state index < -0.39 is 6.04 Å². The molecule has 0 unspecified atom stereocenters. The summed E-state index contributed by atoms with van der Waals surface area (Å²) in [6, 6.07) is 10.4. The van der Waals surface area contributed by atoms with Gasteiger partial charge in [0.15, 0.2) is 16.9 Å². The van der Waals surface area contributed by atoms with E-state index in [9.17, 15) is 9.59 Å². The van der Waals surface area contributed by atoms with Crippen LogP contribution in [0, 0.1) is 6.92 Å². The van der Waals surface area contributed by atoms with Crippen molar-refractivity contribution in [1.82, 2.24) is 9.80 Å². The van der Waals surface area contributed by atoms with Crippen molar-refractivity contribution in [1.29, 1.82) is 0 Å². The molecule has 1 atom stereocenters. The van der Waals surface area contributed by atoms with Gasteiger partial charge in [-0.1, -0.05) is 30.4 Å². The summed E-state index contributed by atoms with van der Waals surface area (Å²) in [5, 5.41) is 0.479. The molecule has 0 bridgehead atoms. The van der Waals surface area contributed by atoms with Gasteiger partial charge in [0.25, 0.3) is 5.91 Å². The van der Waals surface area contributed by atoms with Gasteiger partial charge in [0.1, 0.15) is 12.2 Å². The third-order valence-electron chi connectivity index (χ3n) is 6.07. The van der Waals surface area contributed by atoms with Crippen molar-refractivity contribution >= 4 is 16.9 Å². The number of fused-ring (bicyclic) bond motifs is 2. The van der Waals surface area contributed by atoms with Crippen molar-refractivity contribution in [3.8, 4) is 11.5 Å². The fraction of sp³-hybridized carbons (Fsp3) is 0.357. The summed E-state index contributed by atoms with van der Waals surface area (Å²) >= 11 is 0. The monoisotopic (exact) mass is 476 g/mol. The third-order valence-corrected chi connectivity index (χ3v) is 6.07. The molecule has 1 amide bonds. The number of hydrogen-bond acceptors (Lipinski definition) is 6. The summed E-state index contributed by atoms with van der Waals surface area (Å²) in [4.78, 5) is 31.1. The summed E-state index contributed by atoms with van der Waals surface area (Å²) in [5.74, 6) is 0.988. The molecule has 1 aliphatic heterocycles. The summed E-state index contributed by atoms with van der Waals surface area (Å²) in [6.07, 6.45) is 2.43. The minimum Gasteiger partial charge on any atom is -0.490 e. The van der Waals surface area contributed by atoms with E-state index in [-0.39, 0.29) is 17.1 Å². The predicted molar refractivity (Wildman–Crippen MR) is 137 cm³/mol. The van der Waals surface area contributed by atoms with Crippen LogP contribution in [0.5, 0.6) is 11.5 Å². The fourth-order valence-electron chi connectivity index (χ4n) is 4.50. The molecule has 0 radical (unpaired) electrons. The molecule has 0 saturated carbocycles. The SMILES string of the molecule is C=CCOc1ccc([C@H]2c3c(oc4ccc(C)cc4c3=O)C(=O)N2CCCN(C)C)cc1OCC. The number of carbonyl (C=O) groups is 1. The summed E-state index contributed by atoms with van der Waals surface area (Å²) in [6.45, 7) is 9.62. The van der Waals surface area contributed by atoms with Crippen LogP contribution in [-0.4, -0.2) is 56.1 Å². The first kappa shape index (κ1) is 24.5. The first-order valence-corrected chi connectivity index (χ1v) is 11.9. The van der Waals surface area contributed by atoms with Crippen molar-refractivity contribution in [2.45, 2.75) is 26.3 Å². The third kappa shape index (κ3) is 4.82. The lowest BCUT2D eigenvalue weighted by Crippen LogP contribution is -2.32. The zero-order valence-corrected chi connectivity index (χ0v) is 20.8. The molecule has 0 fully saturated rings. The topological polar surface area (TPSA) is 72.2 Å². The van der Waals surface area contributed by atoms with Crippen LogP contribution in [0.2, 0.25) is 0 Å². The average Bonchev–Trinajstić information content (AvgIpc) is 3.10. The van der Waals surface area contributed by atoms with Crippen LogP contribution in [0.4, 0.5) is 0 Å². The van der Waals surface area contributed by atoms with E-state index in [1.807, 2.05) is 58.3 Å². The van der Waals surface area contributed by atoms with E-state index in [0.717, 1.165) is 24.1 Å². The van der Waals surface area contributed by atoms with Gasteiger partial charge in [-0.25, -0.2) is 0 Å². The number of hydrogen-bond donors (Lipinski definition) is 0. The van der Waals surface area contributed by atoms with E-state index in [0.29, 0.717) is 47.8 Å². The molecule has 184 valence electrons. The van der Waals surface area contributed by atoms with E-state index in [4.69, 9.17) is 13.9 Å². The first-order chi connectivity index (χ1) is 16.8. The highest BCUT2D eigenvalue weighted by Gasteiger charge is 2.42. The van der Waals surface area contributed by atoms with Crippen molar-refractivity contribution in [2.24, 2.45) is 0 Å². The highest BCUT2D eigenvalue weighted by atomic mass is 16.5. The van der Waals surface area contributed by atoms with Crippen molar-refractivity contribution in [2.75, 3.05) is 40.4 Å². The number of aryl methyl sites for hydroxylation is 1. The number of carbonyl (C=O) groups excluding carboxylic acids is 1. The van der Waals surface area contributed by atoms with Crippen molar-refractivity contribution in [3.63, 3.8) is 0 Å². The molecule has 2 aromatic carbocycles. The standard InChI is InChI=1S/C28H32N2O5/c1-6-15-34-22-12-10-19(17-23(22)33-7-2)25-24-26(31)20-16-18(3)9-11-21(20)35-27(24)28(32)30(25)14-8-13-29(4)5/h6,9-12,16-17,25H,1,7-8,13-15H2,2-5H3/t25-/m0/s1. The lowest BCUT2D eigenvalue weighted by molar-refractivity contribution is 0.0722. The molecule has 0 aliphatic carbocycles. The smallest absolute Gasteiger partial charge is 0.290 e. The Balaban J connectivity index is 1.87. The Labute approximate surface area is 205 Å². The van der Waals surface area contributed by atoms with Crippen LogP contribution in [0.15, 0.2) is 58.3 Å². The normalized spacial score (nSPS) is 15.1. The van der Waals surface area contributed by atoms with E-state index in [1.165, 1.54) is 0 Å². The van der Waals surface area contributed by atoms with Crippen LogP contribution >= 0.6 is 0 Å². The second-order valence-corrected chi connectivity index (χ2v) is 8.97. The number of rotatable bonds is 10. The molecular formula is C28H32N2O5. The second-order valence-electron chi connectivity index (χ2n) is 8.97. The number of nitrogens with zero attached hydrogens (tertiary/aromatic N) is 2. The zero-order chi connectivity index (χ0) is 25.1. The van der Waals surface area contributed by atoms with Crippen LogP contribution in [-0.2, 0) is 0 Å². The molecule has 3 aromatic rings. The lowest BCUT2D eigenvalue weighted by atomic mass is 9.97. The first-order valence-electron chi connectivity index (χ1n) is 11.9. The average molecular weight is 477 g/mol. The molecule has 1 aliphatic rings. The maximum Gasteiger partial charge on any atom is 0.290 e. The molecule has 1 aromatic heterocycles. The number of amides is 1. The lowest BCUT2D eigenvalue weighted by Gasteiger charge is -2.26. The van der Waals surface area contributed by atoms with Gasteiger partial charge >= 0.3 is 0 Å². The van der Waals surface area contributed by atoms with Gasteiger partial charge in [0.05, 0.1) is 23.6 Å². The van der Waals surface area contributed by atoms with E-state index in [2.05, 4.69) is 11.5 Å². The summed E-state index contributed by atoms with van der Waals surface area (Å²) < 4.78 is 17.6. The summed E-state index contributed by atoms with van der Waals surface area (Å²) in [7, 11) is 3.99. The number of benzene rings is 2. The fourth-order valence-corrected chi connectivity index (χ4v) is 4.50. The Bertz CT molecular complexity index is 1310. The van der Waals surface area contributed by atoms with Gasteiger partial charge in [-0.15, -0.1) is 0 Å². The molecular weight excluding hydrogens is 444 g/mol. The van der Waals surface area contributed by atoms with Crippen molar-refractivity contribution in [3.05, 3.63) is 81.7 Å². The zero-order valence-electron chi connectivity index (χ0n) is 20.8. The van der Waals surface area contributed by atoms with Crippen LogP contribution < -0.4 is 14.9 Å². The van der Waals surface area contributed by atoms with Gasteiger partial charge in [-0.2, -0.15) is 0 Å². The minimum absolute atomic E-state index is 0.117. The highest BCUT2D eigenvalue weighted by molar-refractivity contribution is 5.99. The number of ether oxygens (including phenoxy) is 2. The van der Waals surface area contributed by atoms with Gasteiger partial charge in [0.2, 0.25) is 5.76 Å². The van der Waals surface area contributed by atoms with Gasteiger partial charge in [-0.3, -0.25) is 9.59 Å². The van der Waals surface area contributed by atoms with Crippen molar-refractivity contribution < 1.29 is 18.7 Å². The minimum atomic E-state index is -0.575. The molecule has 7 heteroatoms. The van der Waals surface area contributed by atoms with Crippen LogP contribution in [0.1, 0.15) is 46.6 Å². The highest BCUT2D eigenvalue weighted by Crippen LogP contribution is 2.41. The van der Waals surface area contributed by atoms with Gasteiger partial charge in [-0.05, 0) is 70.7 Å². The van der Waals surface area contributed by atoms with E-state index in [1.54, 1.807) is 17.0 Å². The molecule has 0 saturated heterocycles. The molecule has 35 heavy (non-hydrogen) atoms. The maximum absolute atomic E-state index is 13.7. The Morgan fingerprint density at radius 2 is 1.91 bits per heavy atom. The molecule has 0 N–H and O–H groups in total. The van der Waals surface area contributed by atoms with Crippen LogP contribution in [0.25, 0.3) is 11.0 Å². The maximum atomic E-state index is 13.7. The van der Waals surface area contributed by atoms with Gasteiger partial charge < -0.3 is 23.7 Å². The molecule has 0 spiro atoms.